The highest BCUT2D eigenvalue weighted by molar-refractivity contribution is 5.70. The molecule has 0 bridgehead atoms. The summed E-state index contributed by atoms with van der Waals surface area (Å²) in [6.45, 7) is 8.12. The minimum Gasteiger partial charge on any atom is -0.462 e. The van der Waals surface area contributed by atoms with Crippen LogP contribution in [0, 0.1) is 28.1 Å². The first-order valence-corrected chi connectivity index (χ1v) is 14.0. The number of aliphatic hydroxyl groups is 2. The van der Waals surface area contributed by atoms with Crippen LogP contribution >= 0.6 is 0 Å². The van der Waals surface area contributed by atoms with Crippen LogP contribution in [0.4, 0.5) is 0 Å². The summed E-state index contributed by atoms with van der Waals surface area (Å²) in [5, 5.41) is 24.4. The average molecular weight is 515 g/mol. The number of ether oxygens (including phenoxy) is 1. The summed E-state index contributed by atoms with van der Waals surface area (Å²) in [7, 11) is 0. The largest absolute Gasteiger partial charge is 0.462 e. The monoisotopic (exact) mass is 514 g/mol. The first-order valence-electron chi connectivity index (χ1n) is 14.0. The summed E-state index contributed by atoms with van der Waals surface area (Å²) >= 11 is 0. The van der Waals surface area contributed by atoms with Crippen LogP contribution in [0.15, 0.2) is 27.6 Å². The smallest absolute Gasteiger partial charge is 0.335 e. The Labute approximate surface area is 219 Å². The molecule has 0 amide bonds. The van der Waals surface area contributed by atoms with Crippen LogP contribution in [0.25, 0.3) is 0 Å². The number of fused-ring (bicyclic) bond motifs is 5. The van der Waals surface area contributed by atoms with Crippen LogP contribution < -0.4 is 5.63 Å². The molecule has 0 aromatic carbocycles. The lowest BCUT2D eigenvalue weighted by Crippen LogP contribution is -2.68. The van der Waals surface area contributed by atoms with E-state index in [0.29, 0.717) is 38.5 Å². The van der Waals surface area contributed by atoms with Crippen molar-refractivity contribution in [1.82, 2.24) is 0 Å². The van der Waals surface area contributed by atoms with Gasteiger partial charge >= 0.3 is 11.6 Å². The van der Waals surface area contributed by atoms with Gasteiger partial charge in [0.2, 0.25) is 0 Å². The second-order valence-corrected chi connectivity index (χ2v) is 13.9. The summed E-state index contributed by atoms with van der Waals surface area (Å²) in [4.78, 5) is 36.9. The van der Waals surface area contributed by atoms with Crippen molar-refractivity contribution in [2.45, 2.75) is 115 Å². The summed E-state index contributed by atoms with van der Waals surface area (Å²) in [5.41, 5.74) is -3.20. The summed E-state index contributed by atoms with van der Waals surface area (Å²) in [6, 6.07) is 3.25. The second-order valence-electron chi connectivity index (χ2n) is 13.9. The van der Waals surface area contributed by atoms with Crippen molar-refractivity contribution in [2.24, 2.45) is 28.1 Å². The highest BCUT2D eigenvalue weighted by Crippen LogP contribution is 2.71. The molecule has 4 aliphatic carbocycles. The Morgan fingerprint density at radius 1 is 1.08 bits per heavy atom. The number of esters is 1. The van der Waals surface area contributed by atoms with Gasteiger partial charge in [-0.1, -0.05) is 27.7 Å². The highest BCUT2D eigenvalue weighted by atomic mass is 16.5. The van der Waals surface area contributed by atoms with E-state index in [9.17, 15) is 24.6 Å². The van der Waals surface area contributed by atoms with Crippen molar-refractivity contribution < 1.29 is 29.0 Å². The van der Waals surface area contributed by atoms with Gasteiger partial charge in [-0.15, -0.1) is 0 Å². The maximum atomic E-state index is 12.9. The van der Waals surface area contributed by atoms with Crippen molar-refractivity contribution in [3.8, 4) is 0 Å². The van der Waals surface area contributed by atoms with Crippen molar-refractivity contribution in [3.05, 3.63) is 34.4 Å². The first kappa shape index (κ1) is 26.6. The predicted molar refractivity (Wildman–Crippen MR) is 137 cm³/mol. The molecule has 8 atom stereocenters. The zero-order chi connectivity index (χ0) is 26.9. The fourth-order valence-corrected chi connectivity index (χ4v) is 9.00. The van der Waals surface area contributed by atoms with Crippen LogP contribution in [0.1, 0.15) is 103 Å². The van der Waals surface area contributed by atoms with Gasteiger partial charge in [-0.2, -0.15) is 0 Å². The number of aldehydes is 1. The number of carbonyl (C=O) groups is 2. The van der Waals surface area contributed by atoms with Crippen molar-refractivity contribution >= 4 is 12.3 Å². The fourth-order valence-electron chi connectivity index (χ4n) is 9.00. The predicted octanol–water partition coefficient (Wildman–Crippen LogP) is 4.52. The van der Waals surface area contributed by atoms with E-state index >= 15 is 0 Å². The van der Waals surface area contributed by atoms with Crippen LogP contribution in [0.2, 0.25) is 0 Å². The van der Waals surface area contributed by atoms with Crippen molar-refractivity contribution in [2.75, 3.05) is 0 Å². The van der Waals surface area contributed by atoms with Crippen LogP contribution in [-0.2, 0) is 14.3 Å². The maximum Gasteiger partial charge on any atom is 0.335 e. The summed E-state index contributed by atoms with van der Waals surface area (Å²) in [5.74, 6) is -0.420. The number of rotatable bonds is 4. The van der Waals surface area contributed by atoms with E-state index in [4.69, 9.17) is 9.15 Å². The van der Waals surface area contributed by atoms with Crippen LogP contribution in [-0.4, -0.2) is 39.8 Å². The Kier molecular flexibility index (Phi) is 6.31. The third-order valence-electron chi connectivity index (χ3n) is 10.8. The third kappa shape index (κ3) is 4.03. The molecule has 8 unspecified atom stereocenters. The standard InChI is InChI=1S/C30H42O7/c1-26(2,3)16-25(33)37-20-7-12-28(18-31)22-8-11-27(4)21(19-5-6-24(32)36-17-19)10-14-30(27,35)23(22)9-13-29(28,34)15-20/h5-6,17-18,20-23,34-35H,7-16H2,1-4H3. The molecular formula is C30H42O7. The molecule has 2 N–H and O–H groups in total. The molecular weight excluding hydrogens is 472 g/mol. The van der Waals surface area contributed by atoms with Gasteiger partial charge in [-0.05, 0) is 86.2 Å². The van der Waals surface area contributed by atoms with E-state index in [-0.39, 0.29) is 41.2 Å². The average Bonchev–Trinajstić information content (AvgIpc) is 3.09. The third-order valence-corrected chi connectivity index (χ3v) is 10.8. The first-order chi connectivity index (χ1) is 17.3. The summed E-state index contributed by atoms with van der Waals surface area (Å²) < 4.78 is 11.0. The molecule has 7 heteroatoms. The normalized spacial score (nSPS) is 43.3. The van der Waals surface area contributed by atoms with Crippen LogP contribution in [0.3, 0.4) is 0 Å². The highest BCUT2D eigenvalue weighted by Gasteiger charge is 2.71. The lowest BCUT2D eigenvalue weighted by molar-refractivity contribution is -0.248. The molecule has 0 aliphatic heterocycles. The van der Waals surface area contributed by atoms with E-state index in [1.165, 1.54) is 12.3 Å². The van der Waals surface area contributed by atoms with Gasteiger partial charge in [0, 0.05) is 17.9 Å². The van der Waals surface area contributed by atoms with Gasteiger partial charge in [0.25, 0.3) is 0 Å². The topological polar surface area (TPSA) is 114 Å². The SMILES string of the molecule is CC(C)(C)CC(=O)OC1CCC2(C=O)C3CCC4(C)C(c5ccc(=O)oc5)CCC4(O)C3CCC2(O)C1. The minimum absolute atomic E-state index is 0.0637. The molecule has 1 aromatic heterocycles. The Hall–Kier alpha value is -1.99. The number of carbonyl (C=O) groups excluding carboxylic acids is 2. The van der Waals surface area contributed by atoms with Crippen molar-refractivity contribution in [1.29, 1.82) is 0 Å². The van der Waals surface area contributed by atoms with Gasteiger partial charge in [0.15, 0.2) is 0 Å². The Bertz CT molecular complexity index is 1100. The van der Waals surface area contributed by atoms with Gasteiger partial charge in [-0.25, -0.2) is 4.79 Å². The number of hydrogen-bond acceptors (Lipinski definition) is 7. The number of hydrogen-bond donors (Lipinski definition) is 2. The molecule has 1 heterocycles. The fraction of sp³-hybridized carbons (Fsp3) is 0.767. The lowest BCUT2D eigenvalue weighted by atomic mass is 9.41. The minimum atomic E-state index is -1.24. The maximum absolute atomic E-state index is 12.9. The molecule has 4 fully saturated rings. The molecule has 0 saturated heterocycles. The van der Waals surface area contributed by atoms with Crippen LogP contribution in [0.5, 0.6) is 0 Å². The van der Waals surface area contributed by atoms with Gasteiger partial charge in [-0.3, -0.25) is 4.79 Å². The van der Waals surface area contributed by atoms with E-state index in [2.05, 4.69) is 6.92 Å². The molecule has 1 aromatic rings. The van der Waals surface area contributed by atoms with Gasteiger partial charge in [0.1, 0.15) is 12.4 Å². The molecule has 4 saturated carbocycles. The lowest BCUT2D eigenvalue weighted by Gasteiger charge is -2.65. The Balaban J connectivity index is 1.39. The Morgan fingerprint density at radius 3 is 2.46 bits per heavy atom. The van der Waals surface area contributed by atoms with E-state index in [0.717, 1.165) is 31.1 Å². The van der Waals surface area contributed by atoms with E-state index < -0.39 is 28.1 Å². The van der Waals surface area contributed by atoms with E-state index in [1.807, 2.05) is 26.8 Å². The van der Waals surface area contributed by atoms with Gasteiger partial charge in [0.05, 0.1) is 29.3 Å². The molecule has 5 rings (SSSR count). The van der Waals surface area contributed by atoms with Gasteiger partial charge < -0.3 is 24.2 Å². The molecule has 7 nitrogen and oxygen atoms in total. The zero-order valence-corrected chi connectivity index (χ0v) is 22.6. The second kappa shape index (κ2) is 8.77. The molecule has 4 aliphatic rings. The molecule has 0 radical (unpaired) electrons. The summed E-state index contributed by atoms with van der Waals surface area (Å²) in [6.07, 6.45) is 7.60. The quantitative estimate of drug-likeness (QED) is 0.448. The molecule has 37 heavy (non-hydrogen) atoms. The van der Waals surface area contributed by atoms with E-state index in [1.54, 1.807) is 0 Å². The zero-order valence-electron chi connectivity index (χ0n) is 22.6. The molecule has 0 spiro atoms. The van der Waals surface area contributed by atoms with Crippen molar-refractivity contribution in [3.63, 3.8) is 0 Å². The molecule has 204 valence electrons. The Morgan fingerprint density at radius 2 is 1.81 bits per heavy atom.